The van der Waals surface area contributed by atoms with E-state index in [1.54, 1.807) is 0 Å². The van der Waals surface area contributed by atoms with Gasteiger partial charge in [-0.1, -0.05) is 51.2 Å². The molecule has 108 valence electrons. The first-order valence-corrected chi connectivity index (χ1v) is 11.2. The Morgan fingerprint density at radius 1 is 1.37 bits per heavy atom. The van der Waals surface area contributed by atoms with E-state index >= 15 is 0 Å². The van der Waals surface area contributed by atoms with Crippen molar-refractivity contribution in [1.82, 2.24) is 0 Å². The Kier molecular flexibility index (Phi) is 5.37. The predicted molar refractivity (Wildman–Crippen MR) is 87.2 cm³/mol. The Hall–Kier alpha value is -0.633. The second-order valence-corrected chi connectivity index (χ2v) is 13.1. The lowest BCUT2D eigenvalue weighted by molar-refractivity contribution is -0.117. The molecule has 0 radical (unpaired) electrons. The summed E-state index contributed by atoms with van der Waals surface area (Å²) in [6.45, 7) is 13.9. The van der Waals surface area contributed by atoms with Crippen LogP contribution in [-0.2, 0) is 4.79 Å². The highest BCUT2D eigenvalue weighted by atomic mass is 28.3. The molecule has 0 spiro atoms. The third kappa shape index (κ3) is 4.76. The van der Waals surface area contributed by atoms with Crippen molar-refractivity contribution in [1.29, 1.82) is 0 Å². The summed E-state index contributed by atoms with van der Waals surface area (Å²) in [5.41, 5.74) is 1.48. The molecule has 19 heavy (non-hydrogen) atoms. The fraction of sp³-hybridized carbons (Fsp3) is 0.706. The van der Waals surface area contributed by atoms with Crippen LogP contribution in [0.3, 0.4) is 0 Å². The molecule has 1 aliphatic rings. The average Bonchev–Trinajstić information content (AvgIpc) is 2.24. The van der Waals surface area contributed by atoms with Gasteiger partial charge in [0.25, 0.3) is 0 Å². The molecule has 0 aliphatic heterocycles. The Labute approximate surface area is 120 Å². The third-order valence-electron chi connectivity index (χ3n) is 4.60. The largest absolute Gasteiger partial charge is 0.295 e. The highest BCUT2D eigenvalue weighted by Crippen LogP contribution is 2.44. The molecule has 0 aromatic rings. The van der Waals surface area contributed by atoms with Gasteiger partial charge in [0.05, 0.1) is 0 Å². The van der Waals surface area contributed by atoms with Gasteiger partial charge in [-0.15, -0.1) is 0 Å². The molecule has 0 heterocycles. The van der Waals surface area contributed by atoms with Gasteiger partial charge in [0, 0.05) is 14.5 Å². The molecule has 0 N–H and O–H groups in total. The van der Waals surface area contributed by atoms with Crippen molar-refractivity contribution in [2.24, 2.45) is 11.3 Å². The lowest BCUT2D eigenvalue weighted by Crippen LogP contribution is -2.32. The van der Waals surface area contributed by atoms with Gasteiger partial charge in [0.1, 0.15) is 0 Å². The Bertz CT molecular complexity index is 387. The van der Waals surface area contributed by atoms with Gasteiger partial charge in [-0.25, -0.2) is 0 Å². The Balaban J connectivity index is 2.56. The number of allylic oxidation sites excluding steroid dienone is 4. The molecular formula is C17H30OSi. The molecule has 0 fully saturated rings. The average molecular weight is 279 g/mol. The summed E-state index contributed by atoms with van der Waals surface area (Å²) in [4.78, 5) is 11.6. The van der Waals surface area contributed by atoms with Crippen molar-refractivity contribution in [3.63, 3.8) is 0 Å². The van der Waals surface area contributed by atoms with Gasteiger partial charge >= 0.3 is 0 Å². The van der Waals surface area contributed by atoms with Gasteiger partial charge in [-0.2, -0.15) is 0 Å². The fourth-order valence-electron chi connectivity index (χ4n) is 2.76. The van der Waals surface area contributed by atoms with Crippen LogP contribution in [0.25, 0.3) is 0 Å². The van der Waals surface area contributed by atoms with Crippen molar-refractivity contribution in [2.75, 3.05) is 0 Å². The Morgan fingerprint density at radius 2 is 2.00 bits per heavy atom. The summed E-state index contributed by atoms with van der Waals surface area (Å²) in [7, 11) is -0.944. The maximum Gasteiger partial charge on any atom is 0.155 e. The van der Waals surface area contributed by atoms with Crippen LogP contribution >= 0.6 is 0 Å². The summed E-state index contributed by atoms with van der Waals surface area (Å²) in [6, 6.07) is 1.27. The quantitative estimate of drug-likeness (QED) is 0.497. The van der Waals surface area contributed by atoms with E-state index in [2.05, 4.69) is 52.6 Å². The zero-order valence-electron chi connectivity index (χ0n) is 13.5. The molecule has 0 aromatic carbocycles. The monoisotopic (exact) mass is 278 g/mol. The van der Waals surface area contributed by atoms with Crippen LogP contribution < -0.4 is 0 Å². The molecule has 1 rings (SSSR count). The van der Waals surface area contributed by atoms with Crippen LogP contribution in [0.2, 0.25) is 25.7 Å². The zero-order valence-corrected chi connectivity index (χ0v) is 14.5. The van der Waals surface area contributed by atoms with Crippen molar-refractivity contribution in [2.45, 2.75) is 65.7 Å². The number of carbonyl (C=O) groups excluding carboxylic acids is 1. The molecule has 2 atom stereocenters. The number of hydrogen-bond donors (Lipinski definition) is 0. The van der Waals surface area contributed by atoms with Gasteiger partial charge in [0.15, 0.2) is 5.78 Å². The van der Waals surface area contributed by atoms with E-state index < -0.39 is 8.07 Å². The predicted octanol–water partition coefficient (Wildman–Crippen LogP) is 5.22. The second-order valence-electron chi connectivity index (χ2n) is 7.59. The van der Waals surface area contributed by atoms with E-state index in [0.29, 0.717) is 18.1 Å². The molecule has 0 amide bonds. The number of carbonyl (C=O) groups is 1. The lowest BCUT2D eigenvalue weighted by atomic mass is 9.65. The summed E-state index contributed by atoms with van der Waals surface area (Å²) >= 11 is 0. The van der Waals surface area contributed by atoms with Crippen LogP contribution in [0.4, 0.5) is 0 Å². The number of hydrogen-bond acceptors (Lipinski definition) is 1. The SMILES string of the molecule is CC1=CC(=O)C[C@@H](C)[C@]1(C)CC/C=C/C[Si](C)(C)C. The first-order valence-electron chi connectivity index (χ1n) is 7.52. The van der Waals surface area contributed by atoms with E-state index in [4.69, 9.17) is 0 Å². The minimum Gasteiger partial charge on any atom is -0.295 e. The first-order chi connectivity index (χ1) is 8.65. The molecular weight excluding hydrogens is 248 g/mol. The normalized spacial score (nSPS) is 28.8. The van der Waals surface area contributed by atoms with Crippen molar-refractivity contribution < 1.29 is 4.79 Å². The van der Waals surface area contributed by atoms with E-state index in [0.717, 1.165) is 12.8 Å². The zero-order chi connectivity index (χ0) is 14.7. The van der Waals surface area contributed by atoms with Crippen molar-refractivity contribution >= 4 is 13.9 Å². The topological polar surface area (TPSA) is 17.1 Å². The summed E-state index contributed by atoms with van der Waals surface area (Å²) in [5, 5.41) is 0. The fourth-order valence-corrected chi connectivity index (χ4v) is 3.64. The van der Waals surface area contributed by atoms with Gasteiger partial charge < -0.3 is 0 Å². The minimum absolute atomic E-state index is 0.206. The maximum absolute atomic E-state index is 11.6. The highest BCUT2D eigenvalue weighted by molar-refractivity contribution is 6.76. The summed E-state index contributed by atoms with van der Waals surface area (Å²) in [5.74, 6) is 0.771. The maximum atomic E-state index is 11.6. The van der Waals surface area contributed by atoms with Crippen LogP contribution in [0.5, 0.6) is 0 Å². The van der Waals surface area contributed by atoms with E-state index in [-0.39, 0.29) is 5.41 Å². The van der Waals surface area contributed by atoms with E-state index in [1.807, 2.05) is 6.08 Å². The number of ketones is 1. The van der Waals surface area contributed by atoms with E-state index in [9.17, 15) is 4.79 Å². The van der Waals surface area contributed by atoms with Crippen LogP contribution in [0, 0.1) is 11.3 Å². The standard InChI is InChI=1S/C17H30OSi/c1-14-12-16(18)13-15(2)17(14,3)10-8-7-9-11-19(4,5)6/h7,9,12,15H,8,10-11,13H2,1-6H3/b9-7+/t15-,17-/m1/s1. The Morgan fingerprint density at radius 3 is 2.53 bits per heavy atom. The minimum atomic E-state index is -0.944. The summed E-state index contributed by atoms with van der Waals surface area (Å²) in [6.07, 6.45) is 9.59. The molecule has 2 heteroatoms. The summed E-state index contributed by atoms with van der Waals surface area (Å²) < 4.78 is 0. The molecule has 0 saturated heterocycles. The third-order valence-corrected chi connectivity index (χ3v) is 6.06. The van der Waals surface area contributed by atoms with Crippen LogP contribution in [0.15, 0.2) is 23.8 Å². The molecule has 0 unspecified atom stereocenters. The van der Waals surface area contributed by atoms with Crippen LogP contribution in [0.1, 0.15) is 40.0 Å². The molecule has 0 saturated carbocycles. The first kappa shape index (κ1) is 16.4. The smallest absolute Gasteiger partial charge is 0.155 e. The van der Waals surface area contributed by atoms with Crippen LogP contribution in [-0.4, -0.2) is 13.9 Å². The van der Waals surface area contributed by atoms with Gasteiger partial charge in [-0.05, 0) is 43.2 Å². The molecule has 0 aromatic heterocycles. The van der Waals surface area contributed by atoms with Crippen molar-refractivity contribution in [3.05, 3.63) is 23.8 Å². The number of rotatable bonds is 5. The second kappa shape index (κ2) is 6.21. The molecule has 0 bridgehead atoms. The van der Waals surface area contributed by atoms with E-state index in [1.165, 1.54) is 11.6 Å². The van der Waals surface area contributed by atoms with Gasteiger partial charge in [-0.3, -0.25) is 4.79 Å². The molecule has 1 aliphatic carbocycles. The van der Waals surface area contributed by atoms with Crippen molar-refractivity contribution in [3.8, 4) is 0 Å². The highest BCUT2D eigenvalue weighted by Gasteiger charge is 2.36. The van der Waals surface area contributed by atoms with Gasteiger partial charge in [0.2, 0.25) is 0 Å². The molecule has 1 nitrogen and oxygen atoms in total. The lowest BCUT2D eigenvalue weighted by Gasteiger charge is -2.39.